The summed E-state index contributed by atoms with van der Waals surface area (Å²) in [6, 6.07) is 0.569. The highest BCUT2D eigenvalue weighted by molar-refractivity contribution is 14.0. The molecule has 0 spiro atoms. The highest BCUT2D eigenvalue weighted by Gasteiger charge is 2.35. The molecule has 5 nitrogen and oxygen atoms in total. The van der Waals surface area contributed by atoms with Gasteiger partial charge in [0.15, 0.2) is 5.96 Å². The second-order valence-electron chi connectivity index (χ2n) is 7.27. The molecule has 1 aliphatic heterocycles. The summed E-state index contributed by atoms with van der Waals surface area (Å²) in [5.74, 6) is 1.78. The molecular weight excluding hydrogens is 403 g/mol. The number of nitrogens with one attached hydrogen (secondary N) is 2. The van der Waals surface area contributed by atoms with Gasteiger partial charge in [0.2, 0.25) is 0 Å². The molecule has 0 radical (unpaired) electrons. The third-order valence-electron chi connectivity index (χ3n) is 5.46. The van der Waals surface area contributed by atoms with Crippen molar-refractivity contribution in [2.45, 2.75) is 57.0 Å². The molecule has 0 aromatic heterocycles. The van der Waals surface area contributed by atoms with E-state index in [1.54, 1.807) is 0 Å². The van der Waals surface area contributed by atoms with Crippen molar-refractivity contribution in [2.75, 3.05) is 40.9 Å². The van der Waals surface area contributed by atoms with Crippen LogP contribution < -0.4 is 10.6 Å². The van der Waals surface area contributed by atoms with Crippen molar-refractivity contribution in [1.82, 2.24) is 15.5 Å². The maximum absolute atomic E-state index is 5.54. The van der Waals surface area contributed by atoms with E-state index in [0.29, 0.717) is 6.04 Å². The molecule has 0 amide bonds. The van der Waals surface area contributed by atoms with E-state index in [1.807, 2.05) is 7.05 Å². The Morgan fingerprint density at radius 1 is 1.26 bits per heavy atom. The van der Waals surface area contributed by atoms with Crippen LogP contribution >= 0.6 is 24.0 Å². The summed E-state index contributed by atoms with van der Waals surface area (Å²) in [6.45, 7) is 4.98. The molecule has 2 fully saturated rings. The van der Waals surface area contributed by atoms with Crippen molar-refractivity contribution in [1.29, 1.82) is 0 Å². The average molecular weight is 438 g/mol. The number of aliphatic imine (C=N–C) groups is 1. The summed E-state index contributed by atoms with van der Waals surface area (Å²) in [6.07, 6.45) is 7.36. The minimum atomic E-state index is 0. The lowest BCUT2D eigenvalue weighted by molar-refractivity contribution is -0.00504. The first kappa shape index (κ1) is 21.0. The molecule has 0 aromatic carbocycles. The molecule has 23 heavy (non-hydrogen) atoms. The smallest absolute Gasteiger partial charge is 0.191 e. The topological polar surface area (TPSA) is 48.9 Å². The molecule has 2 N–H and O–H groups in total. The fourth-order valence-electron chi connectivity index (χ4n) is 3.73. The van der Waals surface area contributed by atoms with Gasteiger partial charge in [-0.2, -0.15) is 0 Å². The third kappa shape index (κ3) is 6.05. The minimum absolute atomic E-state index is 0. The number of halogens is 1. The fraction of sp³-hybridized carbons (Fsp3) is 0.941. The molecule has 6 heteroatoms. The van der Waals surface area contributed by atoms with Crippen molar-refractivity contribution in [3.05, 3.63) is 0 Å². The number of likely N-dealkylation sites (N-methyl/N-ethyl adjacent to an activating group) is 1. The summed E-state index contributed by atoms with van der Waals surface area (Å²) in [4.78, 5) is 6.77. The average Bonchev–Trinajstić information content (AvgIpc) is 2.52. The van der Waals surface area contributed by atoms with Gasteiger partial charge >= 0.3 is 0 Å². The Morgan fingerprint density at radius 2 is 1.96 bits per heavy atom. The van der Waals surface area contributed by atoms with Crippen LogP contribution in [-0.4, -0.2) is 63.3 Å². The quantitative estimate of drug-likeness (QED) is 0.402. The lowest BCUT2D eigenvalue weighted by Gasteiger charge is -2.43. The molecule has 1 aliphatic carbocycles. The Bertz CT molecular complexity index is 370. The van der Waals surface area contributed by atoms with Gasteiger partial charge in [0.1, 0.15) is 0 Å². The number of ether oxygens (including phenoxy) is 1. The van der Waals surface area contributed by atoms with Crippen molar-refractivity contribution in [2.24, 2.45) is 10.9 Å². The Morgan fingerprint density at radius 3 is 2.52 bits per heavy atom. The molecule has 136 valence electrons. The lowest BCUT2D eigenvalue weighted by atomic mass is 9.87. The number of nitrogens with zero attached hydrogens (tertiary/aromatic N) is 2. The van der Waals surface area contributed by atoms with E-state index in [2.05, 4.69) is 41.5 Å². The van der Waals surface area contributed by atoms with E-state index in [0.717, 1.165) is 44.5 Å². The predicted octanol–water partition coefficient (Wildman–Crippen LogP) is 2.46. The van der Waals surface area contributed by atoms with Crippen LogP contribution in [0.5, 0.6) is 0 Å². The van der Waals surface area contributed by atoms with Crippen molar-refractivity contribution < 1.29 is 4.74 Å². The van der Waals surface area contributed by atoms with Crippen LogP contribution in [0, 0.1) is 5.92 Å². The molecule has 1 saturated carbocycles. The van der Waals surface area contributed by atoms with E-state index in [4.69, 9.17) is 4.74 Å². The summed E-state index contributed by atoms with van der Waals surface area (Å²) in [5.41, 5.74) is 0.176. The molecule has 2 aliphatic rings. The minimum Gasteiger partial charge on any atom is -0.381 e. The zero-order chi connectivity index (χ0) is 16.0. The summed E-state index contributed by atoms with van der Waals surface area (Å²) < 4.78 is 5.54. The Balaban J connectivity index is 0.00000264. The Hall–Kier alpha value is -0.0800. The van der Waals surface area contributed by atoms with Crippen LogP contribution in [0.1, 0.15) is 45.4 Å². The van der Waals surface area contributed by atoms with Gasteiger partial charge in [0.05, 0.1) is 0 Å². The highest BCUT2D eigenvalue weighted by Crippen LogP contribution is 2.25. The lowest BCUT2D eigenvalue weighted by Crippen LogP contribution is -2.57. The molecule has 0 bridgehead atoms. The number of rotatable bonds is 4. The van der Waals surface area contributed by atoms with Crippen LogP contribution in [0.2, 0.25) is 0 Å². The highest BCUT2D eigenvalue weighted by atomic mass is 127. The van der Waals surface area contributed by atoms with Crippen molar-refractivity contribution >= 4 is 29.9 Å². The zero-order valence-corrected chi connectivity index (χ0v) is 17.6. The third-order valence-corrected chi connectivity index (χ3v) is 5.46. The van der Waals surface area contributed by atoms with E-state index in [1.165, 1.54) is 25.7 Å². The van der Waals surface area contributed by atoms with Gasteiger partial charge in [-0.05, 0) is 45.7 Å². The second-order valence-corrected chi connectivity index (χ2v) is 7.27. The van der Waals surface area contributed by atoms with Crippen LogP contribution in [0.4, 0.5) is 0 Å². The standard InChI is InChI=1S/C17H34N4O.HI/c1-14-6-5-7-15(12-14)20-16(18-2)19-13-17(21(3)4)8-10-22-11-9-17;/h14-15H,5-13H2,1-4H3,(H2,18,19,20);1H. The SMILES string of the molecule is CN=C(NCC1(N(C)C)CCOCC1)NC1CCCC(C)C1.I. The van der Waals surface area contributed by atoms with Gasteiger partial charge in [0, 0.05) is 38.4 Å². The maximum Gasteiger partial charge on any atom is 0.191 e. The molecule has 1 heterocycles. The predicted molar refractivity (Wildman–Crippen MR) is 108 cm³/mol. The molecular formula is C17H35IN4O. The van der Waals surface area contributed by atoms with E-state index < -0.39 is 0 Å². The largest absolute Gasteiger partial charge is 0.381 e. The first-order valence-corrected chi connectivity index (χ1v) is 8.78. The van der Waals surface area contributed by atoms with Gasteiger partial charge in [-0.15, -0.1) is 24.0 Å². The monoisotopic (exact) mass is 438 g/mol. The first-order valence-electron chi connectivity index (χ1n) is 8.78. The summed E-state index contributed by atoms with van der Waals surface area (Å²) >= 11 is 0. The van der Waals surface area contributed by atoms with Crippen LogP contribution in [-0.2, 0) is 4.74 Å². The normalized spacial score (nSPS) is 28.1. The second kappa shape index (κ2) is 10.0. The van der Waals surface area contributed by atoms with E-state index in [9.17, 15) is 0 Å². The Labute approximate surface area is 159 Å². The number of hydrogen-bond donors (Lipinski definition) is 2. The van der Waals surface area contributed by atoms with Crippen LogP contribution in [0.15, 0.2) is 4.99 Å². The molecule has 1 saturated heterocycles. The summed E-state index contributed by atoms with van der Waals surface area (Å²) in [7, 11) is 6.21. The van der Waals surface area contributed by atoms with Gasteiger partial charge in [-0.25, -0.2) is 0 Å². The first-order chi connectivity index (χ1) is 10.6. The molecule has 0 aromatic rings. The van der Waals surface area contributed by atoms with E-state index in [-0.39, 0.29) is 29.5 Å². The van der Waals surface area contributed by atoms with Gasteiger partial charge < -0.3 is 20.3 Å². The number of hydrogen-bond acceptors (Lipinski definition) is 3. The molecule has 2 rings (SSSR count). The maximum atomic E-state index is 5.54. The van der Waals surface area contributed by atoms with Crippen LogP contribution in [0.3, 0.4) is 0 Å². The van der Waals surface area contributed by atoms with Gasteiger partial charge in [-0.1, -0.05) is 19.8 Å². The molecule has 2 unspecified atom stereocenters. The summed E-state index contributed by atoms with van der Waals surface area (Å²) in [5, 5.41) is 7.19. The number of guanidine groups is 1. The van der Waals surface area contributed by atoms with Crippen molar-refractivity contribution in [3.8, 4) is 0 Å². The zero-order valence-electron chi connectivity index (χ0n) is 15.2. The van der Waals surface area contributed by atoms with E-state index >= 15 is 0 Å². The van der Waals surface area contributed by atoms with Gasteiger partial charge in [-0.3, -0.25) is 4.99 Å². The Kier molecular flexibility index (Phi) is 9.15. The fourth-order valence-corrected chi connectivity index (χ4v) is 3.73. The van der Waals surface area contributed by atoms with Gasteiger partial charge in [0.25, 0.3) is 0 Å². The molecule has 2 atom stereocenters. The van der Waals surface area contributed by atoms with Crippen LogP contribution in [0.25, 0.3) is 0 Å². The van der Waals surface area contributed by atoms with Crippen molar-refractivity contribution in [3.63, 3.8) is 0 Å².